The van der Waals surface area contributed by atoms with Gasteiger partial charge < -0.3 is 4.55 Å². The molecule has 0 saturated heterocycles. The largest absolute Gasteiger partial charge is 1.00 e. The third-order valence-electron chi connectivity index (χ3n) is 7.25. The summed E-state index contributed by atoms with van der Waals surface area (Å²) >= 11 is 0. The monoisotopic (exact) mass is 540 g/mol. The summed E-state index contributed by atoms with van der Waals surface area (Å²) in [4.78, 5) is 0. The van der Waals surface area contributed by atoms with E-state index in [1.54, 1.807) is 0 Å². The number of hydrogen-bond acceptors (Lipinski definition) is 3. The zero-order chi connectivity index (χ0) is 25.0. The second-order valence-electron chi connectivity index (χ2n) is 10.8. The first-order chi connectivity index (χ1) is 16.6. The first kappa shape index (κ1) is 38.7. The number of hydrogen-bond donors (Lipinski definition) is 0. The predicted octanol–water partition coefficient (Wildman–Crippen LogP) is 7.48. The van der Waals surface area contributed by atoms with E-state index in [1.165, 1.54) is 161 Å². The van der Waals surface area contributed by atoms with Gasteiger partial charge in [0.1, 0.15) is 0 Å². The summed E-state index contributed by atoms with van der Waals surface area (Å²) in [6.45, 7) is 2.29. The minimum atomic E-state index is -4.00. The molecule has 3 nitrogen and oxygen atoms in total. The van der Waals surface area contributed by atoms with Gasteiger partial charge in [-0.1, -0.05) is 180 Å². The van der Waals surface area contributed by atoms with Gasteiger partial charge in [-0.3, -0.25) is 0 Å². The molecule has 0 aliphatic heterocycles. The number of rotatable bonds is 29. The van der Waals surface area contributed by atoms with E-state index in [0.717, 1.165) is 12.8 Å². The molecule has 0 N–H and O–H groups in total. The average Bonchev–Trinajstić information content (AvgIpc) is 2.80. The van der Waals surface area contributed by atoms with Gasteiger partial charge in [-0.15, -0.1) is 0 Å². The topological polar surface area (TPSA) is 57.2 Å². The Labute approximate surface area is 264 Å². The van der Waals surface area contributed by atoms with E-state index in [2.05, 4.69) is 6.92 Å². The second kappa shape index (κ2) is 31.8. The summed E-state index contributed by atoms with van der Waals surface area (Å²) in [6, 6.07) is 0. The molecule has 0 aromatic rings. The van der Waals surface area contributed by atoms with E-state index >= 15 is 0 Å². The van der Waals surface area contributed by atoms with Gasteiger partial charge in [0, 0.05) is 5.75 Å². The first-order valence-electron chi connectivity index (χ1n) is 15.5. The minimum Gasteiger partial charge on any atom is -0.748 e. The Hall–Kier alpha value is 1.55. The van der Waals surface area contributed by atoms with Crippen molar-refractivity contribution in [2.45, 2.75) is 187 Å². The summed E-state index contributed by atoms with van der Waals surface area (Å²) < 4.78 is 31.6. The second-order valence-corrected chi connectivity index (χ2v) is 12.3. The third-order valence-corrected chi connectivity index (χ3v) is 8.04. The van der Waals surface area contributed by atoms with Crippen molar-refractivity contribution in [1.29, 1.82) is 0 Å². The van der Waals surface area contributed by atoms with Gasteiger partial charge >= 0.3 is 51.4 Å². The van der Waals surface area contributed by atoms with Crippen LogP contribution in [0.3, 0.4) is 0 Å². The molecule has 206 valence electrons. The van der Waals surface area contributed by atoms with E-state index in [-0.39, 0.29) is 57.1 Å². The molecule has 0 bridgehead atoms. The van der Waals surface area contributed by atoms with Crippen LogP contribution < -0.4 is 51.4 Å². The van der Waals surface area contributed by atoms with Crippen LogP contribution in [0, 0.1) is 0 Å². The van der Waals surface area contributed by atoms with Crippen molar-refractivity contribution in [2.24, 2.45) is 0 Å². The molecular formula is C30H61KO3S. The maximum Gasteiger partial charge on any atom is 1.00 e. The van der Waals surface area contributed by atoms with E-state index < -0.39 is 10.1 Å². The molecule has 5 heteroatoms. The fraction of sp³-hybridized carbons (Fsp3) is 1.00. The Morgan fingerprint density at radius 2 is 0.543 bits per heavy atom. The van der Waals surface area contributed by atoms with Crippen molar-refractivity contribution >= 4 is 10.1 Å². The van der Waals surface area contributed by atoms with Crippen LogP contribution in [-0.2, 0) is 10.1 Å². The van der Waals surface area contributed by atoms with Gasteiger partial charge in [0.25, 0.3) is 0 Å². The Kier molecular flexibility index (Phi) is 35.1. The standard InChI is InChI=1S/C30H62O3S.K/c1-2-3-4-5-6-7-8-9-10-11-12-13-14-15-16-17-18-19-20-21-22-23-24-25-26-27-28-29-30-34(31,32)33;/h2-30H2,1H3,(H,31,32,33);/q;+1/p-1. The average molecular weight is 541 g/mol. The molecule has 0 aromatic carbocycles. The summed E-state index contributed by atoms with van der Waals surface area (Å²) in [6.07, 6.45) is 37.7. The molecule has 0 heterocycles. The van der Waals surface area contributed by atoms with Crippen LogP contribution in [0.1, 0.15) is 187 Å². The molecule has 0 amide bonds. The zero-order valence-electron chi connectivity index (χ0n) is 24.1. The molecule has 0 aliphatic carbocycles. The van der Waals surface area contributed by atoms with Crippen LogP contribution in [-0.4, -0.2) is 18.7 Å². The van der Waals surface area contributed by atoms with Gasteiger partial charge in [-0.25, -0.2) is 8.42 Å². The van der Waals surface area contributed by atoms with E-state index in [0.29, 0.717) is 6.42 Å². The maximum atomic E-state index is 10.5. The summed E-state index contributed by atoms with van der Waals surface area (Å²) in [7, 11) is -4.00. The Morgan fingerprint density at radius 1 is 0.371 bits per heavy atom. The normalized spacial score (nSPS) is 11.6. The van der Waals surface area contributed by atoms with Crippen molar-refractivity contribution < 1.29 is 64.4 Å². The molecule has 0 aliphatic rings. The van der Waals surface area contributed by atoms with Crippen molar-refractivity contribution in [3.8, 4) is 0 Å². The SMILES string of the molecule is CCCCCCCCCCCCCCCCCCCCCCCCCCCCCCS(=O)(=O)[O-].[K+]. The van der Waals surface area contributed by atoms with Crippen LogP contribution in [0.25, 0.3) is 0 Å². The molecular weight excluding hydrogens is 479 g/mol. The summed E-state index contributed by atoms with van der Waals surface area (Å²) in [5.41, 5.74) is 0. The number of unbranched alkanes of at least 4 members (excludes halogenated alkanes) is 27. The molecule has 0 spiro atoms. The Morgan fingerprint density at radius 3 is 0.714 bits per heavy atom. The van der Waals surface area contributed by atoms with E-state index in [4.69, 9.17) is 0 Å². The van der Waals surface area contributed by atoms with Gasteiger partial charge in [-0.05, 0) is 6.42 Å². The van der Waals surface area contributed by atoms with E-state index in [9.17, 15) is 13.0 Å². The molecule has 0 unspecified atom stereocenters. The molecule has 0 fully saturated rings. The van der Waals surface area contributed by atoms with Crippen molar-refractivity contribution in [3.05, 3.63) is 0 Å². The molecule has 0 rings (SSSR count). The van der Waals surface area contributed by atoms with Crippen molar-refractivity contribution in [2.75, 3.05) is 5.75 Å². The third kappa shape index (κ3) is 37.8. The smallest absolute Gasteiger partial charge is 0.748 e. The van der Waals surface area contributed by atoms with Crippen LogP contribution in [0.5, 0.6) is 0 Å². The molecule has 0 radical (unpaired) electrons. The minimum absolute atomic E-state index is 0. The maximum absolute atomic E-state index is 10.5. The van der Waals surface area contributed by atoms with Gasteiger partial charge in [-0.2, -0.15) is 0 Å². The Bertz CT molecular complexity index is 482. The van der Waals surface area contributed by atoms with Crippen LogP contribution in [0.15, 0.2) is 0 Å². The van der Waals surface area contributed by atoms with Gasteiger partial charge in [0.05, 0.1) is 10.1 Å². The molecule has 0 aromatic heterocycles. The summed E-state index contributed by atoms with van der Waals surface area (Å²) in [5, 5.41) is 0. The predicted molar refractivity (Wildman–Crippen MR) is 150 cm³/mol. The molecule has 35 heavy (non-hydrogen) atoms. The van der Waals surface area contributed by atoms with Gasteiger partial charge in [0.15, 0.2) is 0 Å². The van der Waals surface area contributed by atoms with Crippen LogP contribution in [0.4, 0.5) is 0 Å². The van der Waals surface area contributed by atoms with E-state index in [1.807, 2.05) is 0 Å². The van der Waals surface area contributed by atoms with Gasteiger partial charge in [0.2, 0.25) is 0 Å². The van der Waals surface area contributed by atoms with Crippen LogP contribution in [0.2, 0.25) is 0 Å². The zero-order valence-corrected chi connectivity index (χ0v) is 28.1. The Balaban J connectivity index is 0. The van der Waals surface area contributed by atoms with Crippen LogP contribution >= 0.6 is 0 Å². The fourth-order valence-electron chi connectivity index (χ4n) is 4.95. The first-order valence-corrected chi connectivity index (χ1v) is 17.1. The fourth-order valence-corrected chi connectivity index (χ4v) is 5.51. The molecule has 0 saturated carbocycles. The van der Waals surface area contributed by atoms with Crippen molar-refractivity contribution in [3.63, 3.8) is 0 Å². The summed E-state index contributed by atoms with van der Waals surface area (Å²) in [5.74, 6) is -0.188. The molecule has 0 atom stereocenters. The van der Waals surface area contributed by atoms with Crippen molar-refractivity contribution in [1.82, 2.24) is 0 Å². The quantitative estimate of drug-likeness (QED) is 0.0561.